The largest absolute Gasteiger partial charge is 0.451 e. The van der Waals surface area contributed by atoms with E-state index in [9.17, 15) is 4.79 Å². The fourth-order valence-electron chi connectivity index (χ4n) is 2.84. The van der Waals surface area contributed by atoms with Crippen LogP contribution in [-0.2, 0) is 6.54 Å². The lowest BCUT2D eigenvalue weighted by Crippen LogP contribution is -2.11. The number of fused-ring (bicyclic) bond motifs is 1. The van der Waals surface area contributed by atoms with Gasteiger partial charge in [-0.15, -0.1) is 0 Å². The average Bonchev–Trinajstić information content (AvgIpc) is 3.11. The van der Waals surface area contributed by atoms with Gasteiger partial charge in [0.25, 0.3) is 5.91 Å². The molecule has 0 spiro atoms. The molecular formula is C21H17BrN4O2. The summed E-state index contributed by atoms with van der Waals surface area (Å²) in [5.41, 5.74) is 8.96. The molecule has 0 aliphatic carbocycles. The molecule has 0 radical (unpaired) electrons. The highest BCUT2D eigenvalue weighted by Gasteiger charge is 2.13. The first-order valence-electron chi connectivity index (χ1n) is 8.62. The molecule has 2 aromatic heterocycles. The number of anilines is 3. The molecular weight excluding hydrogens is 420 g/mol. The smallest absolute Gasteiger partial charge is 0.291 e. The highest BCUT2D eigenvalue weighted by molar-refractivity contribution is 9.10. The summed E-state index contributed by atoms with van der Waals surface area (Å²) in [5, 5.41) is 6.98. The van der Waals surface area contributed by atoms with Crippen LogP contribution in [0.5, 0.6) is 0 Å². The number of nitrogens with two attached hydrogens (primary N) is 1. The molecule has 0 unspecified atom stereocenters. The van der Waals surface area contributed by atoms with Gasteiger partial charge in [0.15, 0.2) is 5.76 Å². The summed E-state index contributed by atoms with van der Waals surface area (Å²) >= 11 is 3.42. The van der Waals surface area contributed by atoms with E-state index in [0.717, 1.165) is 21.1 Å². The zero-order chi connectivity index (χ0) is 19.5. The van der Waals surface area contributed by atoms with Crippen LogP contribution in [0.4, 0.5) is 17.2 Å². The van der Waals surface area contributed by atoms with Crippen molar-refractivity contribution in [2.75, 3.05) is 16.4 Å². The lowest BCUT2D eigenvalue weighted by molar-refractivity contribution is 0.0998. The lowest BCUT2D eigenvalue weighted by Gasteiger charge is -2.10. The Morgan fingerprint density at radius 1 is 1.11 bits per heavy atom. The van der Waals surface area contributed by atoms with E-state index in [2.05, 4.69) is 31.5 Å². The second kappa shape index (κ2) is 7.74. The van der Waals surface area contributed by atoms with E-state index in [-0.39, 0.29) is 11.7 Å². The maximum absolute atomic E-state index is 12.5. The molecule has 4 rings (SSSR count). The molecule has 140 valence electrons. The number of pyridine rings is 1. The van der Waals surface area contributed by atoms with E-state index in [1.165, 1.54) is 0 Å². The third-order valence-corrected chi connectivity index (χ3v) is 4.70. The number of halogens is 1. The number of amides is 1. The van der Waals surface area contributed by atoms with Crippen molar-refractivity contribution in [3.05, 3.63) is 82.7 Å². The van der Waals surface area contributed by atoms with Gasteiger partial charge < -0.3 is 20.8 Å². The van der Waals surface area contributed by atoms with Crippen molar-refractivity contribution in [3.63, 3.8) is 0 Å². The number of carbonyl (C=O) groups is 1. The van der Waals surface area contributed by atoms with Gasteiger partial charge in [-0.2, -0.15) is 0 Å². The second-order valence-electron chi connectivity index (χ2n) is 6.24. The molecule has 2 heterocycles. The Morgan fingerprint density at radius 2 is 2.00 bits per heavy atom. The standard InChI is InChI=1S/C21H17BrN4O2/c22-15-6-7-18-14(10-15)11-19(28-18)21(27)26-16-4-1-3-13(9-16)12-25-17-5-2-8-24-20(17)23/h1-11,25H,12H2,(H2,23,24)(H,26,27). The van der Waals surface area contributed by atoms with Crippen molar-refractivity contribution in [2.24, 2.45) is 0 Å². The zero-order valence-corrected chi connectivity index (χ0v) is 16.4. The Hall–Kier alpha value is -3.32. The van der Waals surface area contributed by atoms with Gasteiger partial charge in [0, 0.05) is 28.3 Å². The quantitative estimate of drug-likeness (QED) is 0.407. The number of carbonyl (C=O) groups excluding carboxylic acids is 1. The molecule has 2 aromatic carbocycles. The molecule has 0 aliphatic rings. The Kier molecular flexibility index (Phi) is 4.99. The van der Waals surface area contributed by atoms with E-state index in [4.69, 9.17) is 10.2 Å². The fourth-order valence-corrected chi connectivity index (χ4v) is 3.22. The van der Waals surface area contributed by atoms with Crippen molar-refractivity contribution < 1.29 is 9.21 Å². The number of nitrogens with zero attached hydrogens (tertiary/aromatic N) is 1. The van der Waals surface area contributed by atoms with Crippen LogP contribution in [0.15, 0.2) is 75.8 Å². The van der Waals surface area contributed by atoms with Gasteiger partial charge in [0.1, 0.15) is 11.4 Å². The van der Waals surface area contributed by atoms with Crippen LogP contribution < -0.4 is 16.4 Å². The van der Waals surface area contributed by atoms with Crippen LogP contribution in [0.2, 0.25) is 0 Å². The minimum Gasteiger partial charge on any atom is -0.451 e. The predicted molar refractivity (Wildman–Crippen MR) is 114 cm³/mol. The predicted octanol–water partition coefficient (Wildman–Crippen LogP) is 5.04. The van der Waals surface area contributed by atoms with Crippen LogP contribution in [0, 0.1) is 0 Å². The zero-order valence-electron chi connectivity index (χ0n) is 14.8. The Balaban J connectivity index is 1.46. The Labute approximate surface area is 169 Å². The van der Waals surface area contributed by atoms with Crippen LogP contribution in [0.25, 0.3) is 11.0 Å². The second-order valence-corrected chi connectivity index (χ2v) is 7.15. The number of furan rings is 1. The van der Waals surface area contributed by atoms with E-state index < -0.39 is 0 Å². The van der Waals surface area contributed by atoms with Gasteiger partial charge in [-0.1, -0.05) is 28.1 Å². The summed E-state index contributed by atoms with van der Waals surface area (Å²) in [7, 11) is 0. The Morgan fingerprint density at radius 3 is 2.86 bits per heavy atom. The van der Waals surface area contributed by atoms with Crippen molar-refractivity contribution in [2.45, 2.75) is 6.54 Å². The van der Waals surface area contributed by atoms with Crippen LogP contribution in [-0.4, -0.2) is 10.9 Å². The van der Waals surface area contributed by atoms with E-state index in [1.807, 2.05) is 54.6 Å². The van der Waals surface area contributed by atoms with Gasteiger partial charge in [-0.3, -0.25) is 4.79 Å². The average molecular weight is 437 g/mol. The van der Waals surface area contributed by atoms with Gasteiger partial charge in [0.2, 0.25) is 0 Å². The third kappa shape index (κ3) is 3.99. The number of rotatable bonds is 5. The summed E-state index contributed by atoms with van der Waals surface area (Å²) in [5.74, 6) is 0.414. The number of nitrogens with one attached hydrogen (secondary N) is 2. The molecule has 28 heavy (non-hydrogen) atoms. The molecule has 0 bridgehead atoms. The van der Waals surface area contributed by atoms with Gasteiger partial charge in [-0.05, 0) is 54.1 Å². The van der Waals surface area contributed by atoms with Crippen molar-refractivity contribution in [3.8, 4) is 0 Å². The summed E-state index contributed by atoms with van der Waals surface area (Å²) in [6.45, 7) is 0.554. The molecule has 0 atom stereocenters. The van der Waals surface area contributed by atoms with Crippen molar-refractivity contribution in [1.29, 1.82) is 0 Å². The first kappa shape index (κ1) is 18.1. The Bertz CT molecular complexity index is 1160. The first-order valence-corrected chi connectivity index (χ1v) is 9.41. The van der Waals surface area contributed by atoms with Crippen LogP contribution in [0.1, 0.15) is 16.1 Å². The molecule has 0 fully saturated rings. The molecule has 4 N–H and O–H groups in total. The molecule has 0 saturated carbocycles. The summed E-state index contributed by atoms with van der Waals surface area (Å²) in [6.07, 6.45) is 1.65. The first-order chi connectivity index (χ1) is 13.6. The fraction of sp³-hybridized carbons (Fsp3) is 0.0476. The van der Waals surface area contributed by atoms with Gasteiger partial charge in [-0.25, -0.2) is 4.98 Å². The maximum atomic E-state index is 12.5. The summed E-state index contributed by atoms with van der Waals surface area (Å²) < 4.78 is 6.57. The molecule has 4 aromatic rings. The lowest BCUT2D eigenvalue weighted by atomic mass is 10.2. The minimum absolute atomic E-state index is 0.264. The topological polar surface area (TPSA) is 93.2 Å². The molecule has 7 heteroatoms. The van der Waals surface area contributed by atoms with Gasteiger partial charge >= 0.3 is 0 Å². The molecule has 1 amide bonds. The summed E-state index contributed by atoms with van der Waals surface area (Å²) in [4.78, 5) is 16.6. The van der Waals surface area contributed by atoms with Gasteiger partial charge in [0.05, 0.1) is 5.69 Å². The number of benzene rings is 2. The summed E-state index contributed by atoms with van der Waals surface area (Å²) in [6, 6.07) is 18.6. The number of hydrogen-bond acceptors (Lipinski definition) is 5. The minimum atomic E-state index is -0.297. The number of aromatic nitrogens is 1. The molecule has 0 saturated heterocycles. The van der Waals surface area contributed by atoms with Crippen LogP contribution >= 0.6 is 15.9 Å². The van der Waals surface area contributed by atoms with E-state index in [1.54, 1.807) is 12.3 Å². The highest BCUT2D eigenvalue weighted by Crippen LogP contribution is 2.24. The highest BCUT2D eigenvalue weighted by atomic mass is 79.9. The number of nitrogen functional groups attached to an aromatic ring is 1. The van der Waals surface area contributed by atoms with E-state index in [0.29, 0.717) is 23.6 Å². The van der Waals surface area contributed by atoms with Crippen LogP contribution in [0.3, 0.4) is 0 Å². The monoisotopic (exact) mass is 436 g/mol. The normalized spacial score (nSPS) is 10.8. The molecule has 6 nitrogen and oxygen atoms in total. The number of hydrogen-bond donors (Lipinski definition) is 3. The van der Waals surface area contributed by atoms with E-state index >= 15 is 0 Å². The third-order valence-electron chi connectivity index (χ3n) is 4.21. The van der Waals surface area contributed by atoms with Crippen molar-refractivity contribution >= 4 is 50.0 Å². The van der Waals surface area contributed by atoms with Crippen molar-refractivity contribution in [1.82, 2.24) is 4.98 Å². The SMILES string of the molecule is Nc1ncccc1NCc1cccc(NC(=O)c2cc3cc(Br)ccc3o2)c1. The molecule has 0 aliphatic heterocycles. The maximum Gasteiger partial charge on any atom is 0.291 e.